The second-order valence-electron chi connectivity index (χ2n) is 5.89. The number of sulfone groups is 1. The van der Waals surface area contributed by atoms with Crippen LogP contribution in [-0.2, 0) is 14.6 Å². The summed E-state index contributed by atoms with van der Waals surface area (Å²) < 4.78 is 22.4. The molecule has 1 saturated carbocycles. The van der Waals surface area contributed by atoms with E-state index in [4.69, 9.17) is 11.6 Å². The predicted molar refractivity (Wildman–Crippen MR) is 84.2 cm³/mol. The van der Waals surface area contributed by atoms with Gasteiger partial charge in [-0.2, -0.15) is 0 Å². The van der Waals surface area contributed by atoms with Crippen LogP contribution in [-0.4, -0.2) is 32.4 Å². The second kappa shape index (κ2) is 6.36. The molecule has 0 radical (unpaired) electrons. The molecule has 0 heterocycles. The van der Waals surface area contributed by atoms with Gasteiger partial charge in [0.2, 0.25) is 5.91 Å². The molecule has 0 saturated heterocycles. The fourth-order valence-electron chi connectivity index (χ4n) is 2.67. The Morgan fingerprint density at radius 3 is 2.57 bits per heavy atom. The summed E-state index contributed by atoms with van der Waals surface area (Å²) in [7, 11) is -3.13. The Hall–Kier alpha value is -1.07. The van der Waals surface area contributed by atoms with Crippen molar-refractivity contribution in [2.75, 3.05) is 12.0 Å². The minimum absolute atomic E-state index is 0.112. The maximum absolute atomic E-state index is 11.9. The van der Waals surface area contributed by atoms with Gasteiger partial charge in [0.1, 0.15) is 9.84 Å². The molecule has 1 aromatic carbocycles. The fraction of sp³-hybridized carbons (Fsp3) is 0.533. The molecule has 6 heteroatoms. The molecule has 4 nitrogen and oxygen atoms in total. The van der Waals surface area contributed by atoms with Crippen LogP contribution >= 0.6 is 11.6 Å². The first-order chi connectivity index (χ1) is 9.76. The van der Waals surface area contributed by atoms with Crippen LogP contribution < -0.4 is 5.32 Å². The van der Waals surface area contributed by atoms with E-state index >= 15 is 0 Å². The number of rotatable bonds is 5. The van der Waals surface area contributed by atoms with Gasteiger partial charge in [-0.1, -0.05) is 36.7 Å². The number of carbonyl (C=O) groups is 1. The van der Waals surface area contributed by atoms with Crippen LogP contribution in [0.4, 0.5) is 0 Å². The first-order valence-corrected chi connectivity index (χ1v) is 9.42. The highest BCUT2D eigenvalue weighted by Crippen LogP contribution is 2.39. The zero-order valence-electron chi connectivity index (χ0n) is 12.2. The third-order valence-electron chi connectivity index (χ3n) is 3.83. The van der Waals surface area contributed by atoms with Crippen LogP contribution in [0.1, 0.15) is 31.2 Å². The van der Waals surface area contributed by atoms with Crippen molar-refractivity contribution in [1.82, 2.24) is 5.32 Å². The molecule has 1 atom stereocenters. The Kier molecular flexibility index (Phi) is 4.94. The van der Waals surface area contributed by atoms with E-state index in [0.717, 1.165) is 29.7 Å². The Morgan fingerprint density at radius 1 is 1.38 bits per heavy atom. The van der Waals surface area contributed by atoms with Gasteiger partial charge >= 0.3 is 0 Å². The van der Waals surface area contributed by atoms with Gasteiger partial charge in [0.05, 0.1) is 5.75 Å². The summed E-state index contributed by atoms with van der Waals surface area (Å²) in [4.78, 5) is 11.9. The van der Waals surface area contributed by atoms with Crippen LogP contribution in [0.5, 0.6) is 0 Å². The first kappa shape index (κ1) is 16.3. The molecule has 0 bridgehead atoms. The lowest BCUT2D eigenvalue weighted by molar-refractivity contribution is -0.125. The molecule has 1 N–H and O–H groups in total. The molecule has 1 amide bonds. The Bertz CT molecular complexity index is 624. The predicted octanol–water partition coefficient (Wildman–Crippen LogP) is 2.38. The third-order valence-corrected chi connectivity index (χ3v) is 5.28. The van der Waals surface area contributed by atoms with Gasteiger partial charge in [-0.25, -0.2) is 8.42 Å². The Balaban J connectivity index is 1.83. The van der Waals surface area contributed by atoms with Crippen LogP contribution in [0.3, 0.4) is 0 Å². The molecule has 0 spiro atoms. The highest BCUT2D eigenvalue weighted by Gasteiger charge is 2.33. The van der Waals surface area contributed by atoms with Crippen molar-refractivity contribution in [2.24, 2.45) is 5.92 Å². The number of benzene rings is 1. The van der Waals surface area contributed by atoms with E-state index in [1.165, 1.54) is 0 Å². The van der Waals surface area contributed by atoms with E-state index in [1.54, 1.807) is 6.92 Å². The Morgan fingerprint density at radius 2 is 2.00 bits per heavy atom. The quantitative estimate of drug-likeness (QED) is 0.902. The zero-order valence-corrected chi connectivity index (χ0v) is 13.7. The average molecular weight is 330 g/mol. The molecule has 21 heavy (non-hydrogen) atoms. The number of carbonyl (C=O) groups excluding carboxylic acids is 1. The molecule has 1 aliphatic rings. The van der Waals surface area contributed by atoms with Gasteiger partial charge in [0, 0.05) is 23.2 Å². The van der Waals surface area contributed by atoms with Crippen LogP contribution in [0.2, 0.25) is 5.02 Å². The van der Waals surface area contributed by atoms with Gasteiger partial charge in [0.25, 0.3) is 0 Å². The Labute approximate surface area is 130 Å². The van der Waals surface area contributed by atoms with Gasteiger partial charge < -0.3 is 5.32 Å². The van der Waals surface area contributed by atoms with Crippen molar-refractivity contribution in [2.45, 2.75) is 31.7 Å². The lowest BCUT2D eigenvalue weighted by Gasteiger charge is -2.37. The first-order valence-electron chi connectivity index (χ1n) is 6.99. The van der Waals surface area contributed by atoms with Crippen molar-refractivity contribution in [3.05, 3.63) is 34.9 Å². The van der Waals surface area contributed by atoms with E-state index < -0.39 is 15.8 Å². The molecule has 0 unspecified atom stereocenters. The maximum atomic E-state index is 11.9. The molecule has 116 valence electrons. The highest BCUT2D eigenvalue weighted by molar-refractivity contribution is 7.90. The van der Waals surface area contributed by atoms with Crippen molar-refractivity contribution in [3.63, 3.8) is 0 Å². The average Bonchev–Trinajstić information content (AvgIpc) is 2.32. The molecule has 1 aromatic rings. The summed E-state index contributed by atoms with van der Waals surface area (Å²) in [5.41, 5.74) is 1.12. The topological polar surface area (TPSA) is 63.2 Å². The van der Waals surface area contributed by atoms with Gasteiger partial charge in [0.15, 0.2) is 0 Å². The largest absolute Gasteiger partial charge is 0.353 e. The van der Waals surface area contributed by atoms with E-state index in [2.05, 4.69) is 5.32 Å². The van der Waals surface area contributed by atoms with Crippen molar-refractivity contribution in [3.8, 4) is 0 Å². The summed E-state index contributed by atoms with van der Waals surface area (Å²) in [6.07, 6.45) is 2.84. The SMILES string of the molecule is C[C@@H](CS(C)(=O)=O)C(=O)NC1CC(c2ccccc2Cl)C1. The number of amides is 1. The standard InChI is InChI=1S/C15H20ClNO3S/c1-10(9-21(2,19)20)15(18)17-12-7-11(8-12)13-5-3-4-6-14(13)16/h3-6,10-12H,7-9H2,1-2H3,(H,17,18)/t10-,11?,12?/m0/s1. The maximum Gasteiger partial charge on any atom is 0.224 e. The lowest BCUT2D eigenvalue weighted by Crippen LogP contribution is -2.46. The van der Waals surface area contributed by atoms with Crippen LogP contribution in [0.25, 0.3) is 0 Å². The smallest absolute Gasteiger partial charge is 0.224 e. The van der Waals surface area contributed by atoms with E-state index in [9.17, 15) is 13.2 Å². The van der Waals surface area contributed by atoms with Crippen molar-refractivity contribution in [1.29, 1.82) is 0 Å². The number of halogens is 1. The van der Waals surface area contributed by atoms with E-state index in [1.807, 2.05) is 24.3 Å². The van der Waals surface area contributed by atoms with Crippen molar-refractivity contribution < 1.29 is 13.2 Å². The number of hydrogen-bond acceptors (Lipinski definition) is 3. The molecular formula is C15H20ClNO3S. The van der Waals surface area contributed by atoms with Gasteiger partial charge in [-0.05, 0) is 30.4 Å². The molecule has 0 aromatic heterocycles. The van der Waals surface area contributed by atoms with E-state index in [0.29, 0.717) is 5.92 Å². The third kappa shape index (κ3) is 4.45. The minimum atomic E-state index is -3.13. The molecular weight excluding hydrogens is 310 g/mol. The van der Waals surface area contributed by atoms with E-state index in [-0.39, 0.29) is 17.7 Å². The summed E-state index contributed by atoms with van der Waals surface area (Å²) in [6.45, 7) is 1.64. The zero-order chi connectivity index (χ0) is 15.6. The van der Waals surface area contributed by atoms with Crippen LogP contribution in [0.15, 0.2) is 24.3 Å². The minimum Gasteiger partial charge on any atom is -0.353 e. The van der Waals surface area contributed by atoms with Crippen LogP contribution in [0, 0.1) is 5.92 Å². The van der Waals surface area contributed by atoms with Gasteiger partial charge in [-0.15, -0.1) is 0 Å². The fourth-order valence-corrected chi connectivity index (χ4v) is 4.02. The highest BCUT2D eigenvalue weighted by atomic mass is 35.5. The second-order valence-corrected chi connectivity index (χ2v) is 8.48. The van der Waals surface area contributed by atoms with Gasteiger partial charge in [-0.3, -0.25) is 4.79 Å². The lowest BCUT2D eigenvalue weighted by atomic mass is 9.75. The summed E-state index contributed by atoms with van der Waals surface area (Å²) in [5.74, 6) is -0.448. The number of hydrogen-bond donors (Lipinski definition) is 1. The summed E-state index contributed by atoms with van der Waals surface area (Å²) in [6, 6.07) is 7.85. The van der Waals surface area contributed by atoms with Crippen molar-refractivity contribution >= 4 is 27.3 Å². The normalized spacial score (nSPS) is 23.2. The molecule has 1 aliphatic carbocycles. The molecule has 0 aliphatic heterocycles. The summed E-state index contributed by atoms with van der Waals surface area (Å²) in [5, 5.41) is 3.67. The molecule has 1 fully saturated rings. The number of nitrogens with one attached hydrogen (secondary N) is 1. The monoisotopic (exact) mass is 329 g/mol. The molecule has 2 rings (SSSR count). The summed E-state index contributed by atoms with van der Waals surface area (Å²) >= 11 is 6.15.